The number of aryl methyl sites for hydroxylation is 1. The van der Waals surface area contributed by atoms with Crippen molar-refractivity contribution in [1.82, 2.24) is 0 Å². The molecule has 5 heteroatoms. The first-order chi connectivity index (χ1) is 7.47. The number of aliphatic hydroxyl groups excluding tert-OH is 2. The Morgan fingerprint density at radius 3 is 2.56 bits per heavy atom. The van der Waals surface area contributed by atoms with Crippen LogP contribution in [-0.2, 0) is 0 Å². The van der Waals surface area contributed by atoms with Gasteiger partial charge in [-0.1, -0.05) is 0 Å². The third kappa shape index (κ3) is 2.69. The first kappa shape index (κ1) is 12.9. The zero-order chi connectivity index (χ0) is 12.3. The summed E-state index contributed by atoms with van der Waals surface area (Å²) in [5, 5.41) is 19.3. The molecule has 0 aliphatic heterocycles. The molecule has 2 unspecified atom stereocenters. The minimum Gasteiger partial charge on any atom is -0.398 e. The quantitative estimate of drug-likeness (QED) is 0.563. The lowest BCUT2D eigenvalue weighted by Gasteiger charge is -2.19. The van der Waals surface area contributed by atoms with Crippen LogP contribution in [0.5, 0.6) is 0 Å². The summed E-state index contributed by atoms with van der Waals surface area (Å²) in [6, 6.07) is 2.58. The number of nitrogen functional groups attached to an aromatic ring is 1. The van der Waals surface area contributed by atoms with Crippen LogP contribution in [0.2, 0.25) is 0 Å². The smallest absolute Gasteiger partial charge is 0.131 e. The lowest BCUT2D eigenvalue weighted by Crippen LogP contribution is -2.22. The molecule has 0 saturated heterocycles. The minimum atomic E-state index is -1.28. The van der Waals surface area contributed by atoms with E-state index in [2.05, 4.69) is 0 Å². The maximum atomic E-state index is 13.5. The van der Waals surface area contributed by atoms with Crippen LogP contribution in [0.4, 0.5) is 10.1 Å². The zero-order valence-electron chi connectivity index (χ0n) is 9.15. The van der Waals surface area contributed by atoms with Gasteiger partial charge < -0.3 is 21.7 Å². The van der Waals surface area contributed by atoms with E-state index in [9.17, 15) is 14.6 Å². The van der Waals surface area contributed by atoms with Gasteiger partial charge in [0.05, 0.1) is 6.10 Å². The molecule has 90 valence electrons. The van der Waals surface area contributed by atoms with E-state index in [0.29, 0.717) is 11.3 Å². The first-order valence-electron chi connectivity index (χ1n) is 5.09. The maximum Gasteiger partial charge on any atom is 0.131 e. The molecule has 4 nitrogen and oxygen atoms in total. The average Bonchev–Trinajstić information content (AvgIpc) is 2.23. The average molecular weight is 228 g/mol. The lowest BCUT2D eigenvalue weighted by atomic mass is 9.99. The predicted octanol–water partition coefficient (Wildman–Crippen LogP) is 0.459. The fourth-order valence-corrected chi connectivity index (χ4v) is 1.48. The van der Waals surface area contributed by atoms with Crippen molar-refractivity contribution >= 4 is 5.69 Å². The standard InChI is InChI=1S/C11H17FN2O2/c1-6-4-7(8(12)5-9(6)14)11(16)10(15)2-3-13/h4-5,10-11,15-16H,2-3,13-14H2,1H3. The van der Waals surface area contributed by atoms with Crippen LogP contribution in [0, 0.1) is 12.7 Å². The molecule has 0 saturated carbocycles. The molecule has 0 aromatic heterocycles. The third-order valence-corrected chi connectivity index (χ3v) is 2.53. The molecule has 0 bridgehead atoms. The zero-order valence-corrected chi connectivity index (χ0v) is 9.15. The summed E-state index contributed by atoms with van der Waals surface area (Å²) in [4.78, 5) is 0. The second-order valence-electron chi connectivity index (χ2n) is 3.82. The second kappa shape index (κ2) is 5.25. The Labute approximate surface area is 93.7 Å². The molecule has 16 heavy (non-hydrogen) atoms. The van der Waals surface area contributed by atoms with Crippen LogP contribution in [0.15, 0.2) is 12.1 Å². The van der Waals surface area contributed by atoms with Gasteiger partial charge in [-0.3, -0.25) is 0 Å². The van der Waals surface area contributed by atoms with Crippen molar-refractivity contribution in [2.24, 2.45) is 5.73 Å². The van der Waals surface area contributed by atoms with E-state index in [1.807, 2.05) is 0 Å². The number of hydrogen-bond donors (Lipinski definition) is 4. The molecule has 2 atom stereocenters. The first-order valence-corrected chi connectivity index (χ1v) is 5.09. The highest BCUT2D eigenvalue weighted by Crippen LogP contribution is 2.25. The SMILES string of the molecule is Cc1cc(C(O)C(O)CCN)c(F)cc1N. The second-order valence-corrected chi connectivity index (χ2v) is 3.82. The van der Waals surface area contributed by atoms with E-state index in [4.69, 9.17) is 11.5 Å². The number of halogens is 1. The van der Waals surface area contributed by atoms with Gasteiger partial charge in [0, 0.05) is 11.3 Å². The molecule has 0 amide bonds. The summed E-state index contributed by atoms with van der Waals surface area (Å²) >= 11 is 0. The van der Waals surface area contributed by atoms with E-state index in [1.165, 1.54) is 6.07 Å². The van der Waals surface area contributed by atoms with Crippen LogP contribution >= 0.6 is 0 Å². The number of aliphatic hydroxyl groups is 2. The van der Waals surface area contributed by atoms with Gasteiger partial charge in [-0.05, 0) is 37.6 Å². The predicted molar refractivity (Wildman–Crippen MR) is 60.2 cm³/mol. The molecule has 0 radical (unpaired) electrons. The molecule has 0 spiro atoms. The molecule has 1 aromatic rings. The molecule has 0 aliphatic rings. The van der Waals surface area contributed by atoms with Crippen LogP contribution in [0.25, 0.3) is 0 Å². The van der Waals surface area contributed by atoms with Gasteiger partial charge in [0.1, 0.15) is 11.9 Å². The Balaban J connectivity index is 2.99. The summed E-state index contributed by atoms with van der Waals surface area (Å²) < 4.78 is 13.5. The maximum absolute atomic E-state index is 13.5. The van der Waals surface area contributed by atoms with Gasteiger partial charge in [-0.15, -0.1) is 0 Å². The summed E-state index contributed by atoms with van der Waals surface area (Å²) in [6.45, 7) is 1.94. The van der Waals surface area contributed by atoms with Crippen LogP contribution in [0.3, 0.4) is 0 Å². The van der Waals surface area contributed by atoms with E-state index < -0.39 is 18.0 Å². The van der Waals surface area contributed by atoms with Crippen molar-refractivity contribution in [2.75, 3.05) is 12.3 Å². The molecule has 0 aliphatic carbocycles. The third-order valence-electron chi connectivity index (χ3n) is 2.53. The van der Waals surface area contributed by atoms with Crippen molar-refractivity contribution in [3.8, 4) is 0 Å². The van der Waals surface area contributed by atoms with Gasteiger partial charge in [-0.25, -0.2) is 4.39 Å². The molecule has 6 N–H and O–H groups in total. The number of rotatable bonds is 4. The number of nitrogens with two attached hydrogens (primary N) is 2. The highest BCUT2D eigenvalue weighted by atomic mass is 19.1. The van der Waals surface area contributed by atoms with Gasteiger partial charge in [0.2, 0.25) is 0 Å². The van der Waals surface area contributed by atoms with Crippen molar-refractivity contribution in [1.29, 1.82) is 0 Å². The Kier molecular flexibility index (Phi) is 4.23. The number of benzene rings is 1. The number of anilines is 1. The van der Waals surface area contributed by atoms with Gasteiger partial charge >= 0.3 is 0 Å². The Morgan fingerprint density at radius 1 is 1.38 bits per heavy atom. The molecule has 1 aromatic carbocycles. The summed E-state index contributed by atoms with van der Waals surface area (Å²) in [6.07, 6.45) is -2.13. The van der Waals surface area contributed by atoms with Gasteiger partial charge in [-0.2, -0.15) is 0 Å². The molecular formula is C11H17FN2O2. The monoisotopic (exact) mass is 228 g/mol. The summed E-state index contributed by atoms with van der Waals surface area (Å²) in [5.74, 6) is -0.619. The minimum absolute atomic E-state index is 0.0488. The van der Waals surface area contributed by atoms with Crippen molar-refractivity contribution in [3.05, 3.63) is 29.1 Å². The molecule has 0 heterocycles. The summed E-state index contributed by atoms with van der Waals surface area (Å²) in [5.41, 5.74) is 11.8. The summed E-state index contributed by atoms with van der Waals surface area (Å²) in [7, 11) is 0. The van der Waals surface area contributed by atoms with Crippen molar-refractivity contribution in [3.63, 3.8) is 0 Å². The fourth-order valence-electron chi connectivity index (χ4n) is 1.48. The molecule has 0 fully saturated rings. The highest BCUT2D eigenvalue weighted by molar-refractivity contribution is 5.48. The van der Waals surface area contributed by atoms with Gasteiger partial charge in [0.15, 0.2) is 0 Å². The van der Waals surface area contributed by atoms with Gasteiger partial charge in [0.25, 0.3) is 0 Å². The Hall–Kier alpha value is -1.17. The van der Waals surface area contributed by atoms with Crippen molar-refractivity contribution in [2.45, 2.75) is 25.6 Å². The van der Waals surface area contributed by atoms with Crippen molar-refractivity contribution < 1.29 is 14.6 Å². The molecular weight excluding hydrogens is 211 g/mol. The topological polar surface area (TPSA) is 92.5 Å². The van der Waals surface area contributed by atoms with E-state index in [0.717, 1.165) is 6.07 Å². The largest absolute Gasteiger partial charge is 0.398 e. The van der Waals surface area contributed by atoms with E-state index in [-0.39, 0.29) is 18.5 Å². The lowest BCUT2D eigenvalue weighted by molar-refractivity contribution is 0.0129. The number of hydrogen-bond acceptors (Lipinski definition) is 4. The highest BCUT2D eigenvalue weighted by Gasteiger charge is 2.21. The normalized spacial score (nSPS) is 14.8. The Morgan fingerprint density at radius 2 is 2.00 bits per heavy atom. The van der Waals surface area contributed by atoms with Crippen LogP contribution < -0.4 is 11.5 Å². The Bertz CT molecular complexity index is 371. The van der Waals surface area contributed by atoms with Crippen LogP contribution in [-0.4, -0.2) is 22.9 Å². The van der Waals surface area contributed by atoms with E-state index >= 15 is 0 Å². The molecule has 1 rings (SSSR count). The van der Waals surface area contributed by atoms with E-state index in [1.54, 1.807) is 6.92 Å². The van der Waals surface area contributed by atoms with Crippen LogP contribution in [0.1, 0.15) is 23.7 Å². The fraction of sp³-hybridized carbons (Fsp3) is 0.455.